The zero-order valence-electron chi connectivity index (χ0n) is 11.3. The van der Waals surface area contributed by atoms with E-state index in [1.165, 1.54) is 0 Å². The normalized spacial score (nSPS) is 31.3. The maximum absolute atomic E-state index is 12.5. The second kappa shape index (κ2) is 5.81. The number of rotatable bonds is 3. The number of ether oxygens (including phenoxy) is 1. The van der Waals surface area contributed by atoms with Crippen LogP contribution in [0.3, 0.4) is 0 Å². The van der Waals surface area contributed by atoms with Crippen LogP contribution in [0.5, 0.6) is 0 Å². The molecule has 2 atom stereocenters. The van der Waals surface area contributed by atoms with Gasteiger partial charge in [-0.3, -0.25) is 4.90 Å². The van der Waals surface area contributed by atoms with E-state index in [1.54, 1.807) is 16.7 Å². The number of hydrogen-bond acceptors (Lipinski definition) is 4. The molecule has 0 bridgehead atoms. The summed E-state index contributed by atoms with van der Waals surface area (Å²) >= 11 is 1.61. The highest BCUT2D eigenvalue weighted by atomic mass is 32.2. The van der Waals surface area contributed by atoms with Gasteiger partial charge in [0.1, 0.15) is 6.04 Å². The van der Waals surface area contributed by atoms with E-state index in [1.807, 2.05) is 0 Å². The molecular formula is C13H20N2O4S. The predicted molar refractivity (Wildman–Crippen MR) is 74.6 cm³/mol. The molecule has 0 spiro atoms. The Balaban J connectivity index is 1.66. The van der Waals surface area contributed by atoms with E-state index in [-0.39, 0.29) is 17.4 Å². The number of thioether (sulfide) groups is 1. The minimum atomic E-state index is -0.900. The van der Waals surface area contributed by atoms with Crippen LogP contribution in [0.1, 0.15) is 25.7 Å². The van der Waals surface area contributed by atoms with Crippen molar-refractivity contribution in [3.8, 4) is 0 Å². The second-order valence-corrected chi connectivity index (χ2v) is 6.81. The Morgan fingerprint density at radius 2 is 1.90 bits per heavy atom. The molecule has 0 aromatic heterocycles. The SMILES string of the molecule is O=C(O)C1CSC(C2CC2)N1C(=O)NC1CCOCC1. The van der Waals surface area contributed by atoms with Crippen molar-refractivity contribution < 1.29 is 19.4 Å². The van der Waals surface area contributed by atoms with Crippen LogP contribution in [-0.4, -0.2) is 58.4 Å². The largest absolute Gasteiger partial charge is 0.480 e. The summed E-state index contributed by atoms with van der Waals surface area (Å²) in [6.07, 6.45) is 3.81. The first kappa shape index (κ1) is 14.0. The Kier molecular flexibility index (Phi) is 4.07. The number of carboxylic acids is 1. The first-order valence-electron chi connectivity index (χ1n) is 7.18. The molecule has 6 nitrogen and oxygen atoms in total. The lowest BCUT2D eigenvalue weighted by atomic mass is 10.1. The van der Waals surface area contributed by atoms with Gasteiger partial charge in [-0.25, -0.2) is 9.59 Å². The number of amides is 2. The van der Waals surface area contributed by atoms with Crippen LogP contribution in [0.2, 0.25) is 0 Å². The lowest BCUT2D eigenvalue weighted by molar-refractivity contribution is -0.141. The van der Waals surface area contributed by atoms with Gasteiger partial charge in [-0.1, -0.05) is 0 Å². The zero-order valence-corrected chi connectivity index (χ0v) is 12.1. The molecule has 112 valence electrons. The minimum Gasteiger partial charge on any atom is -0.480 e. The summed E-state index contributed by atoms with van der Waals surface area (Å²) in [5, 5.41) is 12.3. The van der Waals surface area contributed by atoms with Crippen molar-refractivity contribution in [2.24, 2.45) is 5.92 Å². The maximum Gasteiger partial charge on any atom is 0.327 e. The Morgan fingerprint density at radius 3 is 2.50 bits per heavy atom. The summed E-state index contributed by atoms with van der Waals surface area (Å²) in [7, 11) is 0. The van der Waals surface area contributed by atoms with Crippen molar-refractivity contribution in [1.29, 1.82) is 0 Å². The van der Waals surface area contributed by atoms with E-state index in [9.17, 15) is 14.7 Å². The fraction of sp³-hybridized carbons (Fsp3) is 0.846. The third-order valence-electron chi connectivity index (χ3n) is 4.13. The average molecular weight is 300 g/mol. The number of carbonyl (C=O) groups excluding carboxylic acids is 1. The van der Waals surface area contributed by atoms with Gasteiger partial charge >= 0.3 is 12.0 Å². The van der Waals surface area contributed by atoms with Crippen LogP contribution in [0.4, 0.5) is 4.79 Å². The number of carboxylic acid groups (broad SMARTS) is 1. The zero-order chi connectivity index (χ0) is 14.1. The third-order valence-corrected chi connectivity index (χ3v) is 5.59. The van der Waals surface area contributed by atoms with E-state index in [0.717, 1.165) is 25.7 Å². The van der Waals surface area contributed by atoms with Crippen LogP contribution in [-0.2, 0) is 9.53 Å². The van der Waals surface area contributed by atoms with Crippen LogP contribution in [0.25, 0.3) is 0 Å². The van der Waals surface area contributed by atoms with Crippen LogP contribution < -0.4 is 5.32 Å². The summed E-state index contributed by atoms with van der Waals surface area (Å²) in [6.45, 7) is 1.32. The standard InChI is InChI=1S/C13H20N2O4S/c16-12(17)10-7-20-11(8-1-2-8)15(10)13(18)14-9-3-5-19-6-4-9/h8-11H,1-7H2,(H,14,18)(H,16,17). The van der Waals surface area contributed by atoms with E-state index >= 15 is 0 Å². The van der Waals surface area contributed by atoms with Gasteiger partial charge in [0.05, 0.1) is 5.37 Å². The maximum atomic E-state index is 12.5. The molecule has 2 aliphatic heterocycles. The fourth-order valence-corrected chi connectivity index (χ4v) is 4.44. The molecule has 7 heteroatoms. The highest BCUT2D eigenvalue weighted by Crippen LogP contribution is 2.45. The van der Waals surface area contributed by atoms with Crippen LogP contribution in [0, 0.1) is 5.92 Å². The highest BCUT2D eigenvalue weighted by Gasteiger charge is 2.48. The van der Waals surface area contributed by atoms with Gasteiger partial charge in [-0.05, 0) is 31.6 Å². The molecule has 2 unspecified atom stereocenters. The lowest BCUT2D eigenvalue weighted by Crippen LogP contribution is -2.53. The quantitative estimate of drug-likeness (QED) is 0.816. The van der Waals surface area contributed by atoms with Gasteiger partial charge in [-0.2, -0.15) is 0 Å². The van der Waals surface area contributed by atoms with Crippen LogP contribution >= 0.6 is 11.8 Å². The number of carbonyl (C=O) groups is 2. The number of nitrogens with one attached hydrogen (secondary N) is 1. The minimum absolute atomic E-state index is 0.0379. The summed E-state index contributed by atoms with van der Waals surface area (Å²) in [4.78, 5) is 25.4. The average Bonchev–Trinajstić information content (AvgIpc) is 3.17. The molecule has 2 amide bonds. The van der Waals surface area contributed by atoms with Crippen molar-refractivity contribution in [1.82, 2.24) is 10.2 Å². The van der Waals surface area contributed by atoms with Crippen molar-refractivity contribution in [2.45, 2.75) is 43.1 Å². The van der Waals surface area contributed by atoms with Gasteiger partial charge in [0.15, 0.2) is 0 Å². The number of urea groups is 1. The number of hydrogen-bond donors (Lipinski definition) is 2. The van der Waals surface area contributed by atoms with Crippen molar-refractivity contribution in [3.63, 3.8) is 0 Å². The lowest BCUT2D eigenvalue weighted by Gasteiger charge is -2.31. The van der Waals surface area contributed by atoms with Gasteiger partial charge in [-0.15, -0.1) is 11.8 Å². The fourth-order valence-electron chi connectivity index (χ4n) is 2.81. The van der Waals surface area contributed by atoms with E-state index in [4.69, 9.17) is 4.74 Å². The summed E-state index contributed by atoms with van der Waals surface area (Å²) in [5.41, 5.74) is 0. The van der Waals surface area contributed by atoms with Crippen molar-refractivity contribution in [2.75, 3.05) is 19.0 Å². The second-order valence-electron chi connectivity index (χ2n) is 5.66. The van der Waals surface area contributed by atoms with Gasteiger partial charge < -0.3 is 15.2 Å². The van der Waals surface area contributed by atoms with E-state index < -0.39 is 12.0 Å². The third kappa shape index (κ3) is 2.88. The number of nitrogens with zero attached hydrogens (tertiary/aromatic N) is 1. The predicted octanol–water partition coefficient (Wildman–Crippen LogP) is 1.11. The Hall–Kier alpha value is -0.950. The van der Waals surface area contributed by atoms with Crippen molar-refractivity contribution >= 4 is 23.8 Å². The molecule has 2 heterocycles. The molecule has 3 fully saturated rings. The molecule has 0 aromatic rings. The van der Waals surface area contributed by atoms with Gasteiger partial charge in [0.25, 0.3) is 0 Å². The highest BCUT2D eigenvalue weighted by molar-refractivity contribution is 8.00. The van der Waals surface area contributed by atoms with Gasteiger partial charge in [0.2, 0.25) is 0 Å². The molecule has 3 rings (SSSR count). The van der Waals surface area contributed by atoms with Crippen LogP contribution in [0.15, 0.2) is 0 Å². The Morgan fingerprint density at radius 1 is 1.20 bits per heavy atom. The van der Waals surface area contributed by atoms with Crippen molar-refractivity contribution in [3.05, 3.63) is 0 Å². The molecule has 2 saturated heterocycles. The summed E-state index contributed by atoms with van der Waals surface area (Å²) < 4.78 is 5.27. The molecule has 2 N–H and O–H groups in total. The first-order valence-corrected chi connectivity index (χ1v) is 8.22. The molecule has 3 aliphatic rings. The van der Waals surface area contributed by atoms with Gasteiger partial charge in [0, 0.05) is 25.0 Å². The summed E-state index contributed by atoms with van der Waals surface area (Å²) in [6, 6.07) is -0.798. The monoisotopic (exact) mass is 300 g/mol. The molecule has 0 radical (unpaired) electrons. The molecular weight excluding hydrogens is 280 g/mol. The smallest absolute Gasteiger partial charge is 0.327 e. The molecule has 1 aliphatic carbocycles. The summed E-state index contributed by atoms with van der Waals surface area (Å²) in [5.74, 6) is 0.0742. The Bertz CT molecular complexity index is 396. The Labute approximate surface area is 122 Å². The molecule has 20 heavy (non-hydrogen) atoms. The van der Waals surface area contributed by atoms with E-state index in [0.29, 0.717) is 24.9 Å². The molecule has 1 saturated carbocycles. The topological polar surface area (TPSA) is 78.9 Å². The van der Waals surface area contributed by atoms with E-state index in [2.05, 4.69) is 5.32 Å². The first-order chi connectivity index (χ1) is 9.66. The number of aliphatic carboxylic acids is 1. The molecule has 0 aromatic carbocycles.